The Hall–Kier alpha value is -0.370. The molecule has 0 fully saturated rings. The molecule has 2 N–H and O–H groups in total. The van der Waals surface area contributed by atoms with Crippen molar-refractivity contribution in [3.05, 3.63) is 0 Å². The van der Waals surface area contributed by atoms with Crippen molar-refractivity contribution >= 4 is 6.21 Å². The molecule has 0 bridgehead atoms. The minimum absolute atomic E-state index is 0.184. The van der Waals surface area contributed by atoms with Gasteiger partial charge in [0.1, 0.15) is 0 Å². The molecule has 0 spiro atoms. The maximum Gasteiger partial charge on any atom is 0.0273 e. The normalized spacial score (nSPS) is 12.9. The highest BCUT2D eigenvalue weighted by molar-refractivity contribution is 5.64. The van der Waals surface area contributed by atoms with Crippen LogP contribution in [0, 0.1) is 5.41 Å². The highest BCUT2D eigenvalue weighted by atomic mass is 14.7. The van der Waals surface area contributed by atoms with Crippen molar-refractivity contribution in [2.75, 3.05) is 13.6 Å². The second-order valence-electron chi connectivity index (χ2n) is 2.91. The van der Waals surface area contributed by atoms with Gasteiger partial charge in [-0.2, -0.15) is 0 Å². The van der Waals surface area contributed by atoms with E-state index in [1.54, 1.807) is 7.05 Å². The summed E-state index contributed by atoms with van der Waals surface area (Å²) in [5.41, 5.74) is 5.57. The van der Waals surface area contributed by atoms with Gasteiger partial charge in [-0.25, -0.2) is 0 Å². The molecule has 54 valence electrons. The molecule has 0 aromatic heterocycles. The second kappa shape index (κ2) is 3.62. The van der Waals surface area contributed by atoms with E-state index in [0.29, 0.717) is 0 Å². The van der Waals surface area contributed by atoms with Crippen molar-refractivity contribution in [2.24, 2.45) is 16.1 Å². The van der Waals surface area contributed by atoms with Crippen LogP contribution >= 0.6 is 0 Å². The van der Waals surface area contributed by atoms with Crippen LogP contribution in [0.4, 0.5) is 0 Å². The van der Waals surface area contributed by atoms with Crippen LogP contribution < -0.4 is 5.73 Å². The molecule has 0 atom stereocenters. The summed E-state index contributed by atoms with van der Waals surface area (Å²) in [6, 6.07) is 0. The topological polar surface area (TPSA) is 38.4 Å². The fourth-order valence-electron chi connectivity index (χ4n) is 0.786. The molecule has 0 aromatic rings. The van der Waals surface area contributed by atoms with Crippen molar-refractivity contribution in [1.82, 2.24) is 0 Å². The third kappa shape index (κ3) is 4.15. The number of nitrogens with zero attached hydrogens (tertiary/aromatic N) is 1. The van der Waals surface area contributed by atoms with E-state index in [1.165, 1.54) is 0 Å². The molecule has 0 saturated carbocycles. The van der Waals surface area contributed by atoms with Crippen molar-refractivity contribution in [3.63, 3.8) is 0 Å². The third-order valence-electron chi connectivity index (χ3n) is 1.27. The van der Waals surface area contributed by atoms with Crippen molar-refractivity contribution < 1.29 is 0 Å². The molecular formula is C7H16N2. The maximum atomic E-state index is 5.38. The lowest BCUT2D eigenvalue weighted by atomic mass is 9.91. The zero-order valence-electron chi connectivity index (χ0n) is 6.52. The fraction of sp³-hybridized carbons (Fsp3) is 0.857. The Morgan fingerprint density at radius 3 is 2.44 bits per heavy atom. The Morgan fingerprint density at radius 2 is 2.11 bits per heavy atom. The predicted octanol–water partition coefficient (Wildman–Crippen LogP) is 1.06. The van der Waals surface area contributed by atoms with E-state index in [0.717, 1.165) is 13.0 Å². The largest absolute Gasteiger partial charge is 0.330 e. The average molecular weight is 128 g/mol. The van der Waals surface area contributed by atoms with Gasteiger partial charge < -0.3 is 10.7 Å². The first kappa shape index (κ1) is 8.63. The zero-order valence-corrected chi connectivity index (χ0v) is 6.52. The van der Waals surface area contributed by atoms with Gasteiger partial charge in [0.25, 0.3) is 0 Å². The molecule has 0 heterocycles. The van der Waals surface area contributed by atoms with Crippen LogP contribution in [0.3, 0.4) is 0 Å². The maximum absolute atomic E-state index is 5.38. The molecule has 0 aliphatic carbocycles. The first-order valence-corrected chi connectivity index (χ1v) is 3.26. The molecule has 0 aliphatic rings. The molecule has 0 radical (unpaired) electrons. The Labute approximate surface area is 57.2 Å². The molecule has 0 aromatic carbocycles. The van der Waals surface area contributed by atoms with Gasteiger partial charge in [0, 0.05) is 18.7 Å². The van der Waals surface area contributed by atoms with E-state index in [-0.39, 0.29) is 5.41 Å². The lowest BCUT2D eigenvalue weighted by molar-refractivity contribution is 0.495. The van der Waals surface area contributed by atoms with Crippen LogP contribution in [0.1, 0.15) is 20.3 Å². The van der Waals surface area contributed by atoms with E-state index >= 15 is 0 Å². The quantitative estimate of drug-likeness (QED) is 0.567. The van der Waals surface area contributed by atoms with Crippen molar-refractivity contribution in [1.29, 1.82) is 0 Å². The van der Waals surface area contributed by atoms with E-state index in [9.17, 15) is 0 Å². The summed E-state index contributed by atoms with van der Waals surface area (Å²) in [6.45, 7) is 5.00. The van der Waals surface area contributed by atoms with Gasteiger partial charge >= 0.3 is 0 Å². The van der Waals surface area contributed by atoms with Crippen LogP contribution in [-0.2, 0) is 0 Å². The van der Waals surface area contributed by atoms with E-state index in [1.807, 2.05) is 6.21 Å². The smallest absolute Gasteiger partial charge is 0.0273 e. The van der Waals surface area contributed by atoms with Crippen molar-refractivity contribution in [3.8, 4) is 0 Å². The minimum atomic E-state index is 0.184. The number of hydrogen-bond acceptors (Lipinski definition) is 2. The van der Waals surface area contributed by atoms with E-state index in [4.69, 9.17) is 5.73 Å². The van der Waals surface area contributed by atoms with Crippen LogP contribution in [-0.4, -0.2) is 19.8 Å². The van der Waals surface area contributed by atoms with Crippen LogP contribution in [0.15, 0.2) is 4.99 Å². The summed E-state index contributed by atoms with van der Waals surface area (Å²) in [5.74, 6) is 0. The summed E-state index contributed by atoms with van der Waals surface area (Å²) in [7, 11) is 1.79. The Morgan fingerprint density at radius 1 is 1.56 bits per heavy atom. The Kier molecular flexibility index (Phi) is 3.47. The molecule has 0 rings (SSSR count). The first-order valence-electron chi connectivity index (χ1n) is 3.26. The SMILES string of the molecule is C/N=C/C(C)(C)CCN. The molecule has 0 amide bonds. The van der Waals surface area contributed by atoms with Gasteiger partial charge in [-0.1, -0.05) is 13.8 Å². The molecule has 0 aliphatic heterocycles. The second-order valence-corrected chi connectivity index (χ2v) is 2.91. The van der Waals surface area contributed by atoms with E-state index < -0.39 is 0 Å². The summed E-state index contributed by atoms with van der Waals surface area (Å²) >= 11 is 0. The highest BCUT2D eigenvalue weighted by Crippen LogP contribution is 2.15. The van der Waals surface area contributed by atoms with Gasteiger partial charge in [0.15, 0.2) is 0 Å². The van der Waals surface area contributed by atoms with Crippen LogP contribution in [0.5, 0.6) is 0 Å². The molecule has 2 heteroatoms. The Balaban J connectivity index is 3.70. The summed E-state index contributed by atoms with van der Waals surface area (Å²) in [6.07, 6.45) is 2.95. The summed E-state index contributed by atoms with van der Waals surface area (Å²) in [5, 5.41) is 0. The van der Waals surface area contributed by atoms with Crippen LogP contribution in [0.2, 0.25) is 0 Å². The molecule has 0 unspecified atom stereocenters. The highest BCUT2D eigenvalue weighted by Gasteiger charge is 2.11. The minimum Gasteiger partial charge on any atom is -0.330 e. The van der Waals surface area contributed by atoms with Crippen LogP contribution in [0.25, 0.3) is 0 Å². The lowest BCUT2D eigenvalue weighted by Gasteiger charge is -2.16. The third-order valence-corrected chi connectivity index (χ3v) is 1.27. The average Bonchev–Trinajstić information content (AvgIpc) is 1.64. The lowest BCUT2D eigenvalue weighted by Crippen LogP contribution is -2.18. The fourth-order valence-corrected chi connectivity index (χ4v) is 0.786. The van der Waals surface area contributed by atoms with E-state index in [2.05, 4.69) is 18.8 Å². The standard InChI is InChI=1S/C7H16N2/c1-7(2,4-5-8)6-9-3/h6H,4-5,8H2,1-3H3/b9-6+. The predicted molar refractivity (Wildman–Crippen MR) is 41.9 cm³/mol. The molecule has 0 saturated heterocycles. The molecule has 2 nitrogen and oxygen atoms in total. The van der Waals surface area contributed by atoms with Gasteiger partial charge in [0.05, 0.1) is 0 Å². The summed E-state index contributed by atoms with van der Waals surface area (Å²) < 4.78 is 0. The number of rotatable bonds is 3. The van der Waals surface area contributed by atoms with Gasteiger partial charge in [0.2, 0.25) is 0 Å². The number of nitrogens with two attached hydrogens (primary N) is 1. The summed E-state index contributed by atoms with van der Waals surface area (Å²) in [4.78, 5) is 3.95. The molecular weight excluding hydrogens is 112 g/mol. The first-order chi connectivity index (χ1) is 4.12. The van der Waals surface area contributed by atoms with Gasteiger partial charge in [-0.05, 0) is 13.0 Å². The van der Waals surface area contributed by atoms with Crippen molar-refractivity contribution in [2.45, 2.75) is 20.3 Å². The number of hydrogen-bond donors (Lipinski definition) is 1. The monoisotopic (exact) mass is 128 g/mol. The van der Waals surface area contributed by atoms with Gasteiger partial charge in [-0.3, -0.25) is 0 Å². The van der Waals surface area contributed by atoms with Gasteiger partial charge in [-0.15, -0.1) is 0 Å². The number of aliphatic imine (C=N–C) groups is 1. The Bertz CT molecular complexity index is 95.1. The zero-order chi connectivity index (χ0) is 7.33. The molecule has 9 heavy (non-hydrogen) atoms.